The average Bonchev–Trinajstić information content (AvgIpc) is 2.73. The molecule has 0 aliphatic heterocycles. The molecule has 0 spiro atoms. The standard InChI is InChI=1S/C12H15N5O/c1-3-10-8(7-17(2)16-10)12(18)15-11-9(13)5-4-6-14-11/h4-7H,3,13H2,1-2H3,(H,14,15,18). The Bertz CT molecular complexity index is 576. The number of pyridine rings is 1. The minimum atomic E-state index is -0.245. The number of rotatable bonds is 3. The van der Waals surface area contributed by atoms with Crippen molar-refractivity contribution < 1.29 is 4.79 Å². The van der Waals surface area contributed by atoms with Gasteiger partial charge >= 0.3 is 0 Å². The Hall–Kier alpha value is -2.37. The van der Waals surface area contributed by atoms with Gasteiger partial charge in [0.15, 0.2) is 5.82 Å². The van der Waals surface area contributed by atoms with Crippen molar-refractivity contribution >= 4 is 17.4 Å². The van der Waals surface area contributed by atoms with E-state index in [9.17, 15) is 4.79 Å². The molecule has 0 atom stereocenters. The Morgan fingerprint density at radius 2 is 2.33 bits per heavy atom. The van der Waals surface area contributed by atoms with Gasteiger partial charge in [0.1, 0.15) is 0 Å². The first kappa shape index (κ1) is 12.1. The molecule has 2 heterocycles. The second-order valence-corrected chi connectivity index (χ2v) is 3.91. The van der Waals surface area contributed by atoms with Gasteiger partial charge in [0.2, 0.25) is 0 Å². The zero-order valence-corrected chi connectivity index (χ0v) is 10.3. The van der Waals surface area contributed by atoms with Crippen molar-refractivity contribution in [2.75, 3.05) is 11.1 Å². The molecule has 0 aliphatic rings. The highest BCUT2D eigenvalue weighted by Gasteiger charge is 2.15. The predicted molar refractivity (Wildman–Crippen MR) is 69.2 cm³/mol. The summed E-state index contributed by atoms with van der Waals surface area (Å²) >= 11 is 0. The lowest BCUT2D eigenvalue weighted by molar-refractivity contribution is 0.102. The molecule has 0 aliphatic carbocycles. The van der Waals surface area contributed by atoms with E-state index in [1.807, 2.05) is 6.92 Å². The molecule has 0 unspecified atom stereocenters. The van der Waals surface area contributed by atoms with Crippen LogP contribution in [0.5, 0.6) is 0 Å². The maximum absolute atomic E-state index is 12.1. The summed E-state index contributed by atoms with van der Waals surface area (Å²) in [4.78, 5) is 16.1. The normalized spacial score (nSPS) is 10.3. The Morgan fingerprint density at radius 3 is 3.00 bits per heavy atom. The van der Waals surface area contributed by atoms with Gasteiger partial charge in [0.05, 0.1) is 16.9 Å². The van der Waals surface area contributed by atoms with Gasteiger partial charge in [-0.25, -0.2) is 4.98 Å². The van der Waals surface area contributed by atoms with Crippen molar-refractivity contribution in [1.29, 1.82) is 0 Å². The molecule has 18 heavy (non-hydrogen) atoms. The van der Waals surface area contributed by atoms with Gasteiger partial charge in [0, 0.05) is 19.4 Å². The quantitative estimate of drug-likeness (QED) is 0.851. The zero-order valence-electron chi connectivity index (χ0n) is 10.3. The van der Waals surface area contributed by atoms with Gasteiger partial charge in [-0.1, -0.05) is 6.92 Å². The van der Waals surface area contributed by atoms with E-state index in [2.05, 4.69) is 15.4 Å². The fourth-order valence-corrected chi connectivity index (χ4v) is 1.68. The van der Waals surface area contributed by atoms with E-state index < -0.39 is 0 Å². The number of nitrogens with one attached hydrogen (secondary N) is 1. The number of anilines is 2. The molecule has 6 nitrogen and oxygen atoms in total. The summed E-state index contributed by atoms with van der Waals surface area (Å²) in [6, 6.07) is 3.40. The smallest absolute Gasteiger partial charge is 0.260 e. The highest BCUT2D eigenvalue weighted by atomic mass is 16.1. The van der Waals surface area contributed by atoms with Gasteiger partial charge < -0.3 is 11.1 Å². The summed E-state index contributed by atoms with van der Waals surface area (Å²) in [6.07, 6.45) is 3.96. The molecule has 0 saturated heterocycles. The molecule has 0 saturated carbocycles. The summed E-state index contributed by atoms with van der Waals surface area (Å²) in [5.74, 6) is 0.124. The molecule has 3 N–H and O–H groups in total. The van der Waals surface area contributed by atoms with E-state index in [1.54, 1.807) is 36.3 Å². The van der Waals surface area contributed by atoms with E-state index in [1.165, 1.54) is 0 Å². The van der Waals surface area contributed by atoms with Crippen LogP contribution >= 0.6 is 0 Å². The van der Waals surface area contributed by atoms with Crippen LogP contribution in [0.3, 0.4) is 0 Å². The number of aromatic nitrogens is 3. The van der Waals surface area contributed by atoms with Gasteiger partial charge in [-0.15, -0.1) is 0 Å². The van der Waals surface area contributed by atoms with Crippen molar-refractivity contribution in [3.63, 3.8) is 0 Å². The van der Waals surface area contributed by atoms with Crippen LogP contribution in [0.1, 0.15) is 23.0 Å². The number of nitrogen functional groups attached to an aromatic ring is 1. The lowest BCUT2D eigenvalue weighted by Crippen LogP contribution is -2.15. The number of amides is 1. The van der Waals surface area contributed by atoms with Crippen LogP contribution in [-0.4, -0.2) is 20.7 Å². The first-order valence-corrected chi connectivity index (χ1v) is 5.66. The monoisotopic (exact) mass is 245 g/mol. The van der Waals surface area contributed by atoms with Crippen LogP contribution < -0.4 is 11.1 Å². The Balaban J connectivity index is 2.25. The molecular weight excluding hydrogens is 230 g/mol. The highest BCUT2D eigenvalue weighted by Crippen LogP contribution is 2.15. The molecular formula is C12H15N5O. The maximum atomic E-state index is 12.1. The molecule has 0 fully saturated rings. The van der Waals surface area contributed by atoms with E-state index in [0.717, 1.165) is 5.69 Å². The number of nitrogens with two attached hydrogens (primary N) is 1. The number of carbonyl (C=O) groups is 1. The zero-order chi connectivity index (χ0) is 13.1. The number of nitrogens with zero attached hydrogens (tertiary/aromatic N) is 3. The minimum absolute atomic E-state index is 0.245. The Morgan fingerprint density at radius 1 is 1.56 bits per heavy atom. The van der Waals surface area contributed by atoms with E-state index in [4.69, 9.17) is 5.73 Å². The fraction of sp³-hybridized carbons (Fsp3) is 0.250. The summed E-state index contributed by atoms with van der Waals surface area (Å²) in [7, 11) is 1.78. The van der Waals surface area contributed by atoms with Gasteiger partial charge in [-0.3, -0.25) is 9.48 Å². The van der Waals surface area contributed by atoms with Gasteiger partial charge in [0.25, 0.3) is 5.91 Å². The fourth-order valence-electron chi connectivity index (χ4n) is 1.68. The third kappa shape index (κ3) is 2.32. The number of hydrogen-bond donors (Lipinski definition) is 2. The molecule has 6 heteroatoms. The molecule has 2 aromatic heterocycles. The first-order valence-electron chi connectivity index (χ1n) is 5.66. The van der Waals surface area contributed by atoms with Crippen molar-refractivity contribution in [1.82, 2.24) is 14.8 Å². The van der Waals surface area contributed by atoms with Crippen LogP contribution in [0.15, 0.2) is 24.5 Å². The molecule has 2 aromatic rings. The summed E-state index contributed by atoms with van der Waals surface area (Å²) in [5, 5.41) is 6.90. The molecule has 0 radical (unpaired) electrons. The first-order chi connectivity index (χ1) is 8.61. The Labute approximate surface area is 105 Å². The molecule has 0 bridgehead atoms. The van der Waals surface area contributed by atoms with Gasteiger partial charge in [-0.05, 0) is 18.6 Å². The summed E-state index contributed by atoms with van der Waals surface area (Å²) < 4.78 is 1.62. The lowest BCUT2D eigenvalue weighted by atomic mass is 10.2. The largest absolute Gasteiger partial charge is 0.396 e. The third-order valence-electron chi connectivity index (χ3n) is 2.56. The highest BCUT2D eigenvalue weighted by molar-refractivity contribution is 6.05. The lowest BCUT2D eigenvalue weighted by Gasteiger charge is -2.05. The third-order valence-corrected chi connectivity index (χ3v) is 2.56. The number of carbonyl (C=O) groups excluding carboxylic acids is 1. The van der Waals surface area contributed by atoms with E-state index in [-0.39, 0.29) is 5.91 Å². The molecule has 0 aromatic carbocycles. The Kier molecular flexibility index (Phi) is 3.27. The van der Waals surface area contributed by atoms with Crippen LogP contribution in [-0.2, 0) is 13.5 Å². The summed E-state index contributed by atoms with van der Waals surface area (Å²) in [5.41, 5.74) is 7.46. The number of aryl methyl sites for hydroxylation is 2. The minimum Gasteiger partial charge on any atom is -0.396 e. The van der Waals surface area contributed by atoms with Crippen molar-refractivity contribution in [3.05, 3.63) is 35.8 Å². The van der Waals surface area contributed by atoms with Crippen LogP contribution in [0.25, 0.3) is 0 Å². The van der Waals surface area contributed by atoms with Crippen LogP contribution in [0.2, 0.25) is 0 Å². The van der Waals surface area contributed by atoms with Crippen molar-refractivity contribution in [2.45, 2.75) is 13.3 Å². The van der Waals surface area contributed by atoms with E-state index in [0.29, 0.717) is 23.5 Å². The summed E-state index contributed by atoms with van der Waals surface area (Å²) in [6.45, 7) is 1.95. The molecule has 94 valence electrons. The van der Waals surface area contributed by atoms with E-state index >= 15 is 0 Å². The SMILES string of the molecule is CCc1nn(C)cc1C(=O)Nc1ncccc1N. The second-order valence-electron chi connectivity index (χ2n) is 3.91. The van der Waals surface area contributed by atoms with Crippen LogP contribution in [0, 0.1) is 0 Å². The molecule has 1 amide bonds. The van der Waals surface area contributed by atoms with Gasteiger partial charge in [-0.2, -0.15) is 5.10 Å². The average molecular weight is 245 g/mol. The maximum Gasteiger partial charge on any atom is 0.260 e. The predicted octanol–water partition coefficient (Wildman–Crippen LogP) is 1.21. The van der Waals surface area contributed by atoms with Crippen molar-refractivity contribution in [2.24, 2.45) is 7.05 Å². The van der Waals surface area contributed by atoms with Crippen molar-refractivity contribution in [3.8, 4) is 0 Å². The topological polar surface area (TPSA) is 85.8 Å². The second kappa shape index (κ2) is 4.87. The molecule has 2 rings (SSSR count). The number of hydrogen-bond acceptors (Lipinski definition) is 4. The van der Waals surface area contributed by atoms with Crippen LogP contribution in [0.4, 0.5) is 11.5 Å².